The number of carbonyl (C=O) groups is 1. The van der Waals surface area contributed by atoms with Crippen LogP contribution in [0.4, 0.5) is 0 Å². The van der Waals surface area contributed by atoms with Crippen molar-refractivity contribution in [2.75, 3.05) is 13.1 Å². The summed E-state index contributed by atoms with van der Waals surface area (Å²) >= 11 is 0. The highest BCUT2D eigenvalue weighted by Gasteiger charge is 2.61. The number of fused-ring (bicyclic) bond motifs is 5. The molecule has 5 aliphatic rings. The fourth-order valence-corrected chi connectivity index (χ4v) is 7.82. The van der Waals surface area contributed by atoms with Gasteiger partial charge in [-0.3, -0.25) is 4.79 Å². The highest BCUT2D eigenvalue weighted by Crippen LogP contribution is 2.65. The van der Waals surface area contributed by atoms with Crippen molar-refractivity contribution in [1.82, 2.24) is 5.32 Å². The van der Waals surface area contributed by atoms with Crippen molar-refractivity contribution in [1.29, 1.82) is 0 Å². The van der Waals surface area contributed by atoms with Crippen molar-refractivity contribution in [3.8, 4) is 0 Å². The lowest BCUT2D eigenvalue weighted by atomic mass is 9.44. The standard InChI is InChI=1S/C23H36N2O3/c1-22-8-5-14(25-28-15-7-10-24-13-15)11-19(22)20(26)12-16-17-3-4-21(27)23(17,2)9-6-18(16)22/h15-20,24,26H,3-13H2,1-2H3/b25-14+/t15-,16+,17+,18+,19-,20-,22-,23+/m1/s1. The van der Waals surface area contributed by atoms with Gasteiger partial charge >= 0.3 is 0 Å². The molecule has 5 rings (SSSR count). The molecule has 0 aromatic carbocycles. The maximum atomic E-state index is 12.6. The molecular formula is C23H36N2O3. The molecule has 5 nitrogen and oxygen atoms in total. The normalized spacial score (nSPS) is 52.2. The van der Waals surface area contributed by atoms with Gasteiger partial charge in [0.15, 0.2) is 0 Å². The van der Waals surface area contributed by atoms with Gasteiger partial charge in [0.05, 0.1) is 11.8 Å². The summed E-state index contributed by atoms with van der Waals surface area (Å²) in [7, 11) is 0. The number of hydrogen-bond acceptors (Lipinski definition) is 5. The van der Waals surface area contributed by atoms with Crippen molar-refractivity contribution >= 4 is 11.5 Å². The summed E-state index contributed by atoms with van der Waals surface area (Å²) in [6.45, 7) is 6.55. The van der Waals surface area contributed by atoms with Crippen LogP contribution in [0.25, 0.3) is 0 Å². The van der Waals surface area contributed by atoms with Crippen molar-refractivity contribution in [2.24, 2.45) is 39.7 Å². The zero-order valence-corrected chi connectivity index (χ0v) is 17.5. The van der Waals surface area contributed by atoms with Crippen LogP contribution in [0.3, 0.4) is 0 Å². The van der Waals surface area contributed by atoms with E-state index in [0.717, 1.165) is 76.6 Å². The number of aliphatic hydroxyl groups excluding tert-OH is 1. The van der Waals surface area contributed by atoms with Crippen LogP contribution in [0.15, 0.2) is 5.16 Å². The molecule has 0 unspecified atom stereocenters. The molecule has 0 radical (unpaired) electrons. The fraction of sp³-hybridized carbons (Fsp3) is 0.913. The predicted molar refractivity (Wildman–Crippen MR) is 108 cm³/mol. The molecule has 1 aliphatic heterocycles. The molecule has 1 heterocycles. The second-order valence-electron chi connectivity index (χ2n) is 10.8. The van der Waals surface area contributed by atoms with Gasteiger partial charge in [-0.05, 0) is 80.6 Å². The Morgan fingerprint density at radius 2 is 1.96 bits per heavy atom. The van der Waals surface area contributed by atoms with Crippen molar-refractivity contribution in [3.05, 3.63) is 0 Å². The second-order valence-corrected chi connectivity index (χ2v) is 10.8. The van der Waals surface area contributed by atoms with Gasteiger partial charge < -0.3 is 15.3 Å². The van der Waals surface area contributed by atoms with Gasteiger partial charge in [0.2, 0.25) is 0 Å². The van der Waals surface area contributed by atoms with Crippen LogP contribution in [0, 0.1) is 34.5 Å². The molecule has 5 heteroatoms. The Kier molecular flexibility index (Phi) is 4.63. The average Bonchev–Trinajstić information content (AvgIpc) is 3.29. The first-order valence-electron chi connectivity index (χ1n) is 11.6. The van der Waals surface area contributed by atoms with E-state index in [2.05, 4.69) is 24.3 Å². The SMILES string of the molecule is C[C@]12CC/C(=N\O[C@@H]3CCNC3)C[C@@H]1[C@H](O)C[C@@H]1[C@@H]2CC[C@]2(C)C(=O)CC[C@@H]12. The quantitative estimate of drug-likeness (QED) is 0.712. The molecule has 0 aromatic rings. The van der Waals surface area contributed by atoms with E-state index in [0.29, 0.717) is 23.5 Å². The Hall–Kier alpha value is -0.940. The molecule has 1 saturated heterocycles. The second kappa shape index (κ2) is 6.80. The Balaban J connectivity index is 1.34. The summed E-state index contributed by atoms with van der Waals surface area (Å²) in [5.41, 5.74) is 1.20. The van der Waals surface area contributed by atoms with Crippen LogP contribution in [-0.4, -0.2) is 41.9 Å². The zero-order valence-electron chi connectivity index (χ0n) is 17.5. The molecule has 0 amide bonds. The highest BCUT2D eigenvalue weighted by atomic mass is 16.6. The van der Waals surface area contributed by atoms with E-state index < -0.39 is 0 Å². The summed E-state index contributed by atoms with van der Waals surface area (Å²) in [6.07, 6.45) is 8.80. The van der Waals surface area contributed by atoms with Crippen molar-refractivity contribution in [3.63, 3.8) is 0 Å². The largest absolute Gasteiger partial charge is 0.393 e. The number of carbonyl (C=O) groups excluding carboxylic acids is 1. The van der Waals surface area contributed by atoms with Gasteiger partial charge in [-0.2, -0.15) is 0 Å². The average molecular weight is 389 g/mol. The number of nitrogens with one attached hydrogen (secondary N) is 1. The van der Waals surface area contributed by atoms with Gasteiger partial charge in [-0.1, -0.05) is 19.0 Å². The third-order valence-corrected chi connectivity index (χ3v) is 9.57. The fourth-order valence-electron chi connectivity index (χ4n) is 7.82. The van der Waals surface area contributed by atoms with Gasteiger partial charge in [0.1, 0.15) is 11.9 Å². The van der Waals surface area contributed by atoms with Crippen LogP contribution in [0.2, 0.25) is 0 Å². The molecule has 8 atom stereocenters. The molecule has 0 aromatic heterocycles. The zero-order chi connectivity index (χ0) is 19.5. The monoisotopic (exact) mass is 388 g/mol. The number of hydrogen-bond donors (Lipinski definition) is 2. The lowest BCUT2D eigenvalue weighted by Gasteiger charge is -2.60. The Bertz CT molecular complexity index is 673. The van der Waals surface area contributed by atoms with Crippen molar-refractivity contribution < 1.29 is 14.7 Å². The number of rotatable bonds is 2. The summed E-state index contributed by atoms with van der Waals surface area (Å²) in [6, 6.07) is 0. The Morgan fingerprint density at radius 3 is 2.75 bits per heavy atom. The summed E-state index contributed by atoms with van der Waals surface area (Å²) in [5, 5.41) is 19.0. The summed E-state index contributed by atoms with van der Waals surface area (Å²) in [4.78, 5) is 18.4. The topological polar surface area (TPSA) is 70.9 Å². The summed E-state index contributed by atoms with van der Waals surface area (Å²) in [5.74, 6) is 2.41. The molecule has 0 bridgehead atoms. The lowest BCUT2D eigenvalue weighted by Crippen LogP contribution is -2.57. The molecular weight excluding hydrogens is 352 g/mol. The van der Waals surface area contributed by atoms with E-state index in [1.54, 1.807) is 0 Å². The first kappa shape index (κ1) is 19.0. The van der Waals surface area contributed by atoms with E-state index >= 15 is 0 Å². The van der Waals surface area contributed by atoms with Gasteiger partial charge in [0, 0.05) is 24.8 Å². The minimum Gasteiger partial charge on any atom is -0.393 e. The van der Waals surface area contributed by atoms with E-state index in [1.807, 2.05) is 0 Å². The molecule has 28 heavy (non-hydrogen) atoms. The van der Waals surface area contributed by atoms with Crippen LogP contribution >= 0.6 is 0 Å². The van der Waals surface area contributed by atoms with Gasteiger partial charge in [-0.25, -0.2) is 0 Å². The molecule has 5 fully saturated rings. The van der Waals surface area contributed by atoms with E-state index in [9.17, 15) is 9.90 Å². The Labute approximate surface area is 168 Å². The predicted octanol–water partition coefficient (Wildman–Crippen LogP) is 3.30. The number of Topliss-reactive ketones (excluding diaryl/α,β-unsaturated/α-hetero) is 1. The molecule has 0 spiro atoms. The number of nitrogens with zero attached hydrogens (tertiary/aromatic N) is 1. The van der Waals surface area contributed by atoms with E-state index in [-0.39, 0.29) is 29.0 Å². The maximum absolute atomic E-state index is 12.6. The Morgan fingerprint density at radius 1 is 1.11 bits per heavy atom. The van der Waals surface area contributed by atoms with Crippen LogP contribution in [-0.2, 0) is 9.63 Å². The first-order valence-corrected chi connectivity index (χ1v) is 11.6. The molecule has 2 N–H and O–H groups in total. The van der Waals surface area contributed by atoms with Crippen molar-refractivity contribution in [2.45, 2.75) is 83.8 Å². The van der Waals surface area contributed by atoms with E-state index in [1.165, 1.54) is 0 Å². The molecule has 4 aliphatic carbocycles. The van der Waals surface area contributed by atoms with Gasteiger partial charge in [0.25, 0.3) is 0 Å². The maximum Gasteiger partial charge on any atom is 0.141 e. The number of aliphatic hydroxyl groups is 1. The van der Waals surface area contributed by atoms with Crippen LogP contribution < -0.4 is 5.32 Å². The summed E-state index contributed by atoms with van der Waals surface area (Å²) < 4.78 is 0. The van der Waals surface area contributed by atoms with Crippen LogP contribution in [0.1, 0.15) is 71.6 Å². The highest BCUT2D eigenvalue weighted by molar-refractivity contribution is 5.87. The van der Waals surface area contributed by atoms with Crippen LogP contribution in [0.5, 0.6) is 0 Å². The van der Waals surface area contributed by atoms with Gasteiger partial charge in [-0.15, -0.1) is 0 Å². The molecule has 156 valence electrons. The number of ketones is 1. The lowest BCUT2D eigenvalue weighted by molar-refractivity contribution is -0.153. The minimum atomic E-state index is -0.275. The third kappa shape index (κ3) is 2.79. The third-order valence-electron chi connectivity index (χ3n) is 9.57. The molecule has 4 saturated carbocycles. The smallest absolute Gasteiger partial charge is 0.141 e. The first-order chi connectivity index (χ1) is 13.4. The van der Waals surface area contributed by atoms with E-state index in [4.69, 9.17) is 4.84 Å². The minimum absolute atomic E-state index is 0.117. The number of oxime groups is 1.